The van der Waals surface area contributed by atoms with Crippen molar-refractivity contribution in [1.29, 1.82) is 0 Å². The molecule has 32 heavy (non-hydrogen) atoms. The molecule has 9 nitrogen and oxygen atoms in total. The van der Waals surface area contributed by atoms with E-state index in [1.54, 1.807) is 42.5 Å². The van der Waals surface area contributed by atoms with Gasteiger partial charge in [-0.25, -0.2) is 8.42 Å². The van der Waals surface area contributed by atoms with Gasteiger partial charge in [-0.2, -0.15) is 4.98 Å². The number of halogens is 1. The topological polar surface area (TPSA) is 115 Å². The Morgan fingerprint density at radius 2 is 1.91 bits per heavy atom. The van der Waals surface area contributed by atoms with Crippen LogP contribution >= 0.6 is 11.6 Å². The molecule has 0 aliphatic heterocycles. The van der Waals surface area contributed by atoms with Crippen molar-refractivity contribution in [2.45, 2.75) is 26.0 Å². The van der Waals surface area contributed by atoms with Crippen LogP contribution in [0.25, 0.3) is 11.4 Å². The molecule has 1 atom stereocenters. The molecule has 0 saturated carbocycles. The second kappa shape index (κ2) is 10.0. The van der Waals surface area contributed by atoms with E-state index in [2.05, 4.69) is 15.5 Å². The fourth-order valence-electron chi connectivity index (χ4n) is 2.77. The molecule has 0 aliphatic carbocycles. The summed E-state index contributed by atoms with van der Waals surface area (Å²) in [6.07, 6.45) is 0.792. The van der Waals surface area contributed by atoms with Crippen LogP contribution in [0.1, 0.15) is 19.2 Å². The van der Waals surface area contributed by atoms with Crippen LogP contribution in [0.3, 0.4) is 0 Å². The molecule has 11 heteroatoms. The molecule has 0 saturated heterocycles. The van der Waals surface area contributed by atoms with Crippen molar-refractivity contribution < 1.29 is 22.5 Å². The highest BCUT2D eigenvalue weighted by atomic mass is 35.5. The van der Waals surface area contributed by atoms with Crippen molar-refractivity contribution in [2.75, 3.05) is 17.6 Å². The van der Waals surface area contributed by atoms with Crippen molar-refractivity contribution in [3.63, 3.8) is 0 Å². The smallest absolute Gasteiger partial charge is 0.261 e. The van der Waals surface area contributed by atoms with Crippen LogP contribution in [0, 0.1) is 0 Å². The summed E-state index contributed by atoms with van der Waals surface area (Å²) in [5.74, 6) is 0.664. The quantitative estimate of drug-likeness (QED) is 0.502. The van der Waals surface area contributed by atoms with Gasteiger partial charge in [-0.3, -0.25) is 9.10 Å². The van der Waals surface area contributed by atoms with Crippen LogP contribution in [0.15, 0.2) is 53.1 Å². The summed E-state index contributed by atoms with van der Waals surface area (Å²) in [6, 6.07) is 13.6. The first-order valence-corrected chi connectivity index (χ1v) is 12.0. The lowest BCUT2D eigenvalue weighted by Crippen LogP contribution is -2.37. The van der Waals surface area contributed by atoms with E-state index in [4.69, 9.17) is 20.9 Å². The fraction of sp³-hybridized carbons (Fsp3) is 0.286. The molecule has 0 bridgehead atoms. The van der Waals surface area contributed by atoms with Crippen molar-refractivity contribution in [3.05, 3.63) is 59.4 Å². The molecule has 170 valence electrons. The predicted octanol–water partition coefficient (Wildman–Crippen LogP) is 3.26. The zero-order chi connectivity index (χ0) is 23.3. The van der Waals surface area contributed by atoms with Gasteiger partial charge in [-0.15, -0.1) is 0 Å². The van der Waals surface area contributed by atoms with E-state index < -0.39 is 16.1 Å². The number of nitrogens with zero attached hydrogens (tertiary/aromatic N) is 3. The van der Waals surface area contributed by atoms with E-state index in [0.29, 0.717) is 34.3 Å². The molecule has 1 N–H and O–H groups in total. The number of hydrogen-bond acceptors (Lipinski definition) is 7. The van der Waals surface area contributed by atoms with Gasteiger partial charge >= 0.3 is 0 Å². The Labute approximate surface area is 191 Å². The van der Waals surface area contributed by atoms with E-state index >= 15 is 0 Å². The zero-order valence-corrected chi connectivity index (χ0v) is 19.4. The van der Waals surface area contributed by atoms with Crippen molar-refractivity contribution >= 4 is 33.2 Å². The standard InChI is InChI=1S/C21H23ClN4O5S/c1-4-18(30-15-11-9-14(10-12-15)26(2)32(3,28)29)21(27)23-13-19-24-20(25-31-19)16-7-5-6-8-17(16)22/h5-12,18H,4,13H2,1-3H3,(H,23,27). The number of hydrogen-bond donors (Lipinski definition) is 1. The Morgan fingerprint density at radius 3 is 2.53 bits per heavy atom. The summed E-state index contributed by atoms with van der Waals surface area (Å²) in [6.45, 7) is 1.85. The fourth-order valence-corrected chi connectivity index (χ4v) is 3.49. The van der Waals surface area contributed by atoms with Gasteiger partial charge in [0, 0.05) is 12.6 Å². The monoisotopic (exact) mass is 478 g/mol. The number of amides is 1. The van der Waals surface area contributed by atoms with Crippen molar-refractivity contribution in [3.8, 4) is 17.1 Å². The number of aromatic nitrogens is 2. The molecule has 1 heterocycles. The van der Waals surface area contributed by atoms with Crippen LogP contribution in [0.5, 0.6) is 5.75 Å². The minimum atomic E-state index is -3.36. The summed E-state index contributed by atoms with van der Waals surface area (Å²) in [4.78, 5) is 16.8. The SMILES string of the molecule is CCC(Oc1ccc(N(C)S(C)(=O)=O)cc1)C(=O)NCc1nc(-c2ccccc2Cl)no1. The van der Waals surface area contributed by atoms with Gasteiger partial charge in [-0.05, 0) is 42.8 Å². The number of carbonyl (C=O) groups excluding carboxylic acids is 1. The molecule has 0 aliphatic rings. The summed E-state index contributed by atoms with van der Waals surface area (Å²) in [5.41, 5.74) is 1.12. The normalized spacial score (nSPS) is 12.2. The maximum atomic E-state index is 12.6. The molecule has 1 aromatic heterocycles. The largest absolute Gasteiger partial charge is 0.481 e. The van der Waals surface area contributed by atoms with E-state index in [-0.39, 0.29) is 18.3 Å². The first kappa shape index (κ1) is 23.6. The first-order chi connectivity index (χ1) is 15.2. The lowest BCUT2D eigenvalue weighted by molar-refractivity contribution is -0.128. The van der Waals surface area contributed by atoms with Gasteiger partial charge in [-0.1, -0.05) is 35.8 Å². The highest BCUT2D eigenvalue weighted by Crippen LogP contribution is 2.25. The molecule has 0 spiro atoms. The number of carbonyl (C=O) groups is 1. The molecule has 2 aromatic carbocycles. The van der Waals surface area contributed by atoms with Gasteiger partial charge in [0.15, 0.2) is 6.10 Å². The Morgan fingerprint density at radius 1 is 1.22 bits per heavy atom. The molecule has 0 fully saturated rings. The van der Waals surface area contributed by atoms with E-state index in [1.807, 2.05) is 13.0 Å². The molecule has 3 rings (SSSR count). The molecular weight excluding hydrogens is 456 g/mol. The van der Waals surface area contributed by atoms with E-state index in [0.717, 1.165) is 10.6 Å². The van der Waals surface area contributed by atoms with Gasteiger partial charge < -0.3 is 14.6 Å². The number of nitrogens with one attached hydrogen (secondary N) is 1. The van der Waals surface area contributed by atoms with Gasteiger partial charge in [0.05, 0.1) is 23.5 Å². The minimum absolute atomic E-state index is 0.0360. The maximum Gasteiger partial charge on any atom is 0.261 e. The summed E-state index contributed by atoms with van der Waals surface area (Å²) >= 11 is 6.14. The van der Waals surface area contributed by atoms with Crippen LogP contribution in [-0.2, 0) is 21.4 Å². The van der Waals surface area contributed by atoms with Crippen molar-refractivity contribution in [2.24, 2.45) is 0 Å². The predicted molar refractivity (Wildman–Crippen MR) is 121 cm³/mol. The van der Waals surface area contributed by atoms with Gasteiger partial charge in [0.1, 0.15) is 5.75 Å². The highest BCUT2D eigenvalue weighted by Gasteiger charge is 2.20. The van der Waals surface area contributed by atoms with Gasteiger partial charge in [0.25, 0.3) is 5.91 Å². The minimum Gasteiger partial charge on any atom is -0.481 e. The number of ether oxygens (including phenoxy) is 1. The third kappa shape index (κ3) is 5.77. The lowest BCUT2D eigenvalue weighted by atomic mass is 10.2. The number of anilines is 1. The molecule has 0 radical (unpaired) electrons. The molecule has 3 aromatic rings. The Balaban J connectivity index is 1.59. The van der Waals surface area contributed by atoms with Crippen LogP contribution in [0.4, 0.5) is 5.69 Å². The average Bonchev–Trinajstić information content (AvgIpc) is 3.24. The zero-order valence-electron chi connectivity index (χ0n) is 17.8. The molecule has 1 unspecified atom stereocenters. The van der Waals surface area contributed by atoms with Crippen LogP contribution < -0.4 is 14.4 Å². The average molecular weight is 479 g/mol. The Hall–Kier alpha value is -3.11. The van der Waals surface area contributed by atoms with Crippen LogP contribution in [0.2, 0.25) is 5.02 Å². The van der Waals surface area contributed by atoms with Gasteiger partial charge in [0.2, 0.25) is 21.7 Å². The molecule has 1 amide bonds. The summed E-state index contributed by atoms with van der Waals surface area (Å²) < 4.78 is 35.4. The number of rotatable bonds is 9. The summed E-state index contributed by atoms with van der Waals surface area (Å²) in [5, 5.41) is 7.11. The Kier molecular flexibility index (Phi) is 7.37. The highest BCUT2D eigenvalue weighted by molar-refractivity contribution is 7.92. The molecular formula is C21H23ClN4O5S. The first-order valence-electron chi connectivity index (χ1n) is 9.75. The second-order valence-electron chi connectivity index (χ2n) is 6.95. The Bertz CT molecular complexity index is 1180. The third-order valence-corrected chi connectivity index (χ3v) is 6.17. The van der Waals surface area contributed by atoms with E-state index in [1.165, 1.54) is 7.05 Å². The van der Waals surface area contributed by atoms with Crippen molar-refractivity contribution in [1.82, 2.24) is 15.5 Å². The summed E-state index contributed by atoms with van der Waals surface area (Å²) in [7, 11) is -1.90. The maximum absolute atomic E-state index is 12.6. The van der Waals surface area contributed by atoms with Crippen LogP contribution in [-0.4, -0.2) is 43.9 Å². The third-order valence-electron chi connectivity index (χ3n) is 4.64. The number of benzene rings is 2. The van der Waals surface area contributed by atoms with E-state index in [9.17, 15) is 13.2 Å². The lowest BCUT2D eigenvalue weighted by Gasteiger charge is -2.19. The number of sulfonamides is 1. The second-order valence-corrected chi connectivity index (χ2v) is 9.37.